The number of nitriles is 1. The third kappa shape index (κ3) is 3.79. The Morgan fingerprint density at radius 2 is 2.45 bits per heavy atom. The van der Waals surface area contributed by atoms with Crippen LogP contribution < -0.4 is 0 Å². The van der Waals surface area contributed by atoms with Gasteiger partial charge in [-0.2, -0.15) is 5.26 Å². The van der Waals surface area contributed by atoms with Gasteiger partial charge in [0, 0.05) is 11.4 Å². The van der Waals surface area contributed by atoms with Gasteiger partial charge in [-0.05, 0) is 6.92 Å². The second kappa shape index (κ2) is 5.93. The normalized spacial score (nSPS) is 10.5. The van der Waals surface area contributed by atoms with Gasteiger partial charge in [0.15, 0.2) is 0 Å². The number of rotatable bonds is 3. The average Bonchev–Trinajstić information content (AvgIpc) is 2.00. The lowest BCUT2D eigenvalue weighted by atomic mass is 10.3. The van der Waals surface area contributed by atoms with Gasteiger partial charge < -0.3 is 4.74 Å². The third-order valence-electron chi connectivity index (χ3n) is 0.920. The summed E-state index contributed by atoms with van der Waals surface area (Å²) in [6.07, 6.45) is 1.17. The van der Waals surface area contributed by atoms with Crippen molar-refractivity contribution in [2.75, 3.05) is 11.9 Å². The Bertz CT molecular complexity index is 205. The van der Waals surface area contributed by atoms with Gasteiger partial charge in [0.05, 0.1) is 18.2 Å². The predicted octanol–water partition coefficient (Wildman–Crippen LogP) is 1.39. The Labute approximate surface area is 73.8 Å². The maximum atomic E-state index is 10.9. The molecule has 0 atom stereocenters. The summed E-state index contributed by atoms with van der Waals surface area (Å²) in [6, 6.07) is 1.77. The molecule has 0 saturated carbocycles. The Kier molecular flexibility index (Phi) is 5.49. The first-order chi connectivity index (χ1) is 5.26. The van der Waals surface area contributed by atoms with Crippen molar-refractivity contribution in [3.63, 3.8) is 0 Å². The topological polar surface area (TPSA) is 50.1 Å². The van der Waals surface area contributed by atoms with Crippen molar-refractivity contribution in [1.82, 2.24) is 0 Å². The van der Waals surface area contributed by atoms with E-state index in [2.05, 4.69) is 20.7 Å². The molecular weight excluding hydrogens is 210 g/mol. The van der Waals surface area contributed by atoms with Crippen LogP contribution in [0.2, 0.25) is 0 Å². The van der Waals surface area contributed by atoms with Crippen LogP contribution in [0.5, 0.6) is 0 Å². The van der Waals surface area contributed by atoms with Crippen molar-refractivity contribution in [1.29, 1.82) is 5.26 Å². The first-order valence-electron chi connectivity index (χ1n) is 3.08. The zero-order valence-corrected chi connectivity index (χ0v) is 7.72. The first-order valence-corrected chi connectivity index (χ1v) is 4.20. The van der Waals surface area contributed by atoms with E-state index < -0.39 is 5.97 Å². The highest BCUT2D eigenvalue weighted by atomic mass is 79.9. The number of halogens is 1. The molecule has 0 aromatic rings. The van der Waals surface area contributed by atoms with E-state index in [4.69, 9.17) is 5.26 Å². The number of hydrogen-bond acceptors (Lipinski definition) is 3. The van der Waals surface area contributed by atoms with Gasteiger partial charge in [-0.25, -0.2) is 4.79 Å². The van der Waals surface area contributed by atoms with Gasteiger partial charge in [-0.15, -0.1) is 0 Å². The van der Waals surface area contributed by atoms with Crippen molar-refractivity contribution in [2.24, 2.45) is 0 Å². The molecule has 0 bridgehead atoms. The van der Waals surface area contributed by atoms with Gasteiger partial charge in [0.2, 0.25) is 0 Å². The maximum Gasteiger partial charge on any atom is 0.335 e. The van der Waals surface area contributed by atoms with Crippen molar-refractivity contribution in [3.8, 4) is 6.07 Å². The van der Waals surface area contributed by atoms with E-state index >= 15 is 0 Å². The van der Waals surface area contributed by atoms with Crippen molar-refractivity contribution >= 4 is 21.9 Å². The highest BCUT2D eigenvalue weighted by Crippen LogP contribution is 2.01. The molecule has 0 aromatic heterocycles. The fourth-order valence-corrected chi connectivity index (χ4v) is 0.845. The molecule has 0 fully saturated rings. The van der Waals surface area contributed by atoms with Crippen LogP contribution in [0.1, 0.15) is 6.92 Å². The van der Waals surface area contributed by atoms with Crippen molar-refractivity contribution in [3.05, 3.63) is 11.6 Å². The highest BCUT2D eigenvalue weighted by molar-refractivity contribution is 9.09. The fraction of sp³-hybridized carbons (Fsp3) is 0.429. The largest absolute Gasteiger partial charge is 0.463 e. The monoisotopic (exact) mass is 217 g/mol. The molecule has 0 amide bonds. The Hall–Kier alpha value is -0.820. The summed E-state index contributed by atoms with van der Waals surface area (Å²) in [7, 11) is 0. The molecular formula is C7H8BrNO2. The van der Waals surface area contributed by atoms with Crippen LogP contribution in [-0.4, -0.2) is 17.9 Å². The van der Waals surface area contributed by atoms with E-state index in [1.807, 2.05) is 0 Å². The number of allylic oxidation sites excluding steroid dienone is 1. The number of carbonyl (C=O) groups is 1. The van der Waals surface area contributed by atoms with Gasteiger partial charge in [-0.3, -0.25) is 0 Å². The molecule has 0 aliphatic carbocycles. The molecule has 0 aromatic carbocycles. The molecule has 11 heavy (non-hydrogen) atoms. The Balaban J connectivity index is 4.17. The summed E-state index contributed by atoms with van der Waals surface area (Å²) in [5, 5.41) is 8.58. The summed E-state index contributed by atoms with van der Waals surface area (Å²) in [4.78, 5) is 10.9. The number of alkyl halides is 1. The molecule has 0 N–H and O–H groups in total. The second-order valence-electron chi connectivity index (χ2n) is 1.65. The molecule has 0 radical (unpaired) electrons. The molecule has 3 nitrogen and oxygen atoms in total. The Morgan fingerprint density at radius 1 is 1.82 bits per heavy atom. The van der Waals surface area contributed by atoms with Crippen LogP contribution >= 0.6 is 15.9 Å². The molecule has 60 valence electrons. The predicted molar refractivity (Wildman–Crippen MR) is 44.1 cm³/mol. The van der Waals surface area contributed by atoms with Crippen LogP contribution in [-0.2, 0) is 9.53 Å². The molecule has 0 unspecified atom stereocenters. The van der Waals surface area contributed by atoms with E-state index in [0.717, 1.165) is 0 Å². The third-order valence-corrected chi connectivity index (χ3v) is 1.52. The van der Waals surface area contributed by atoms with E-state index in [0.29, 0.717) is 17.5 Å². The molecule has 0 saturated heterocycles. The van der Waals surface area contributed by atoms with Crippen molar-refractivity contribution < 1.29 is 9.53 Å². The zero-order chi connectivity index (χ0) is 8.69. The van der Waals surface area contributed by atoms with E-state index in [9.17, 15) is 4.79 Å². The standard InChI is InChI=1S/C7H8BrNO2/c1-2-11-7(10)6(5-8)3-4-9/h3H,2,5H2,1H3/b6-3+. The van der Waals surface area contributed by atoms with Crippen LogP contribution in [0.15, 0.2) is 11.6 Å². The molecule has 0 aliphatic rings. The lowest BCUT2D eigenvalue weighted by molar-refractivity contribution is -0.138. The molecule has 4 heteroatoms. The minimum Gasteiger partial charge on any atom is -0.463 e. The highest BCUT2D eigenvalue weighted by Gasteiger charge is 2.07. The minimum absolute atomic E-state index is 0.328. The molecule has 0 heterocycles. The summed E-state index contributed by atoms with van der Waals surface area (Å²) < 4.78 is 4.66. The second-order valence-corrected chi connectivity index (χ2v) is 2.21. The van der Waals surface area contributed by atoms with Gasteiger partial charge in [-0.1, -0.05) is 15.9 Å². The summed E-state index contributed by atoms with van der Waals surface area (Å²) in [5.74, 6) is -0.439. The van der Waals surface area contributed by atoms with Crippen LogP contribution in [0, 0.1) is 11.3 Å². The number of hydrogen-bond donors (Lipinski definition) is 0. The first kappa shape index (κ1) is 10.2. The van der Waals surface area contributed by atoms with Crippen LogP contribution in [0.25, 0.3) is 0 Å². The Morgan fingerprint density at radius 3 is 2.82 bits per heavy atom. The maximum absolute atomic E-state index is 10.9. The number of nitrogens with zero attached hydrogens (tertiary/aromatic N) is 1. The lowest BCUT2D eigenvalue weighted by Crippen LogP contribution is -2.08. The summed E-state index contributed by atoms with van der Waals surface area (Å²) in [6.45, 7) is 2.05. The number of esters is 1. The smallest absolute Gasteiger partial charge is 0.335 e. The summed E-state index contributed by atoms with van der Waals surface area (Å²) in [5.41, 5.74) is 0.342. The molecule has 0 aliphatic heterocycles. The average molecular weight is 218 g/mol. The minimum atomic E-state index is -0.439. The molecule has 0 spiro atoms. The van der Waals surface area contributed by atoms with Crippen molar-refractivity contribution in [2.45, 2.75) is 6.92 Å². The SMILES string of the molecule is CCOC(=O)/C(=C/C#N)CBr. The lowest BCUT2D eigenvalue weighted by Gasteiger charge is -2.00. The summed E-state index contributed by atoms with van der Waals surface area (Å²) >= 11 is 3.07. The van der Waals surface area contributed by atoms with Gasteiger partial charge >= 0.3 is 5.97 Å². The van der Waals surface area contributed by atoms with E-state index in [1.54, 1.807) is 13.0 Å². The van der Waals surface area contributed by atoms with Gasteiger partial charge in [0.1, 0.15) is 0 Å². The van der Waals surface area contributed by atoms with E-state index in [1.165, 1.54) is 6.08 Å². The van der Waals surface area contributed by atoms with Crippen LogP contribution in [0.3, 0.4) is 0 Å². The molecule has 0 rings (SSSR count). The zero-order valence-electron chi connectivity index (χ0n) is 6.13. The van der Waals surface area contributed by atoms with Gasteiger partial charge in [0.25, 0.3) is 0 Å². The number of carbonyl (C=O) groups excluding carboxylic acids is 1. The quantitative estimate of drug-likeness (QED) is 0.311. The fourth-order valence-electron chi connectivity index (χ4n) is 0.454. The van der Waals surface area contributed by atoms with Crippen LogP contribution in [0.4, 0.5) is 0 Å². The van der Waals surface area contributed by atoms with E-state index in [-0.39, 0.29) is 0 Å². The number of ether oxygens (including phenoxy) is 1.